The Hall–Kier alpha value is -0.910. The molecule has 2 rings (SSSR count). The largest absolute Gasteiger partial charge is 0.496 e. The predicted octanol–water partition coefficient (Wildman–Crippen LogP) is 1.83. The van der Waals surface area contributed by atoms with Crippen LogP contribution in [0.25, 0.3) is 0 Å². The molecule has 0 amide bonds. The fourth-order valence-electron chi connectivity index (χ4n) is 2.41. The van der Waals surface area contributed by atoms with E-state index in [0.29, 0.717) is 0 Å². The van der Waals surface area contributed by atoms with Gasteiger partial charge in [0.2, 0.25) is 0 Å². The lowest BCUT2D eigenvalue weighted by atomic mass is 10.1. The maximum absolute atomic E-state index is 5.52. The average Bonchev–Trinajstić information content (AvgIpc) is 2.47. The summed E-state index contributed by atoms with van der Waals surface area (Å²) in [6.07, 6.45) is 2.08. The highest BCUT2D eigenvalue weighted by atomic mass is 32.2. The van der Waals surface area contributed by atoms with E-state index in [1.165, 1.54) is 10.5 Å². The van der Waals surface area contributed by atoms with Crippen LogP contribution in [0.3, 0.4) is 0 Å². The molecule has 0 saturated carbocycles. The van der Waals surface area contributed by atoms with Gasteiger partial charge >= 0.3 is 0 Å². The summed E-state index contributed by atoms with van der Waals surface area (Å²) in [5.41, 5.74) is 1.23. The number of thioether (sulfide) groups is 1. The van der Waals surface area contributed by atoms with Gasteiger partial charge in [0.1, 0.15) is 11.5 Å². The topological polar surface area (TPSA) is 33.7 Å². The van der Waals surface area contributed by atoms with Crippen molar-refractivity contribution < 1.29 is 9.47 Å². The molecule has 4 nitrogen and oxygen atoms in total. The van der Waals surface area contributed by atoms with E-state index >= 15 is 0 Å². The second-order valence-corrected chi connectivity index (χ2v) is 5.32. The van der Waals surface area contributed by atoms with E-state index in [4.69, 9.17) is 9.47 Å². The van der Waals surface area contributed by atoms with Gasteiger partial charge in [-0.15, -0.1) is 11.8 Å². The van der Waals surface area contributed by atoms with Gasteiger partial charge in [-0.25, -0.2) is 0 Å². The maximum Gasteiger partial charge on any atom is 0.133 e. The molecule has 1 aliphatic heterocycles. The van der Waals surface area contributed by atoms with Crippen LogP contribution in [-0.2, 0) is 6.54 Å². The zero-order valence-electron chi connectivity index (χ0n) is 11.9. The quantitative estimate of drug-likeness (QED) is 0.833. The molecule has 5 heteroatoms. The van der Waals surface area contributed by atoms with Crippen molar-refractivity contribution in [2.24, 2.45) is 0 Å². The molecule has 0 spiro atoms. The molecule has 1 aromatic carbocycles. The highest BCUT2D eigenvalue weighted by molar-refractivity contribution is 7.98. The Morgan fingerprint density at radius 1 is 1.16 bits per heavy atom. The number of nitrogens with one attached hydrogen (secondary N) is 1. The van der Waals surface area contributed by atoms with Crippen LogP contribution in [0.2, 0.25) is 0 Å². The van der Waals surface area contributed by atoms with E-state index in [1.807, 2.05) is 12.1 Å². The molecule has 0 bridgehead atoms. The lowest BCUT2D eigenvalue weighted by Crippen LogP contribution is -2.43. The summed E-state index contributed by atoms with van der Waals surface area (Å²) in [4.78, 5) is 3.63. The summed E-state index contributed by atoms with van der Waals surface area (Å²) < 4.78 is 11.0. The van der Waals surface area contributed by atoms with Crippen LogP contribution in [0.4, 0.5) is 0 Å². The number of hydrogen-bond acceptors (Lipinski definition) is 5. The summed E-state index contributed by atoms with van der Waals surface area (Å²) >= 11 is 1.72. The second kappa shape index (κ2) is 7.03. The van der Waals surface area contributed by atoms with E-state index in [2.05, 4.69) is 16.5 Å². The molecule has 1 heterocycles. The predicted molar refractivity (Wildman–Crippen MR) is 79.5 cm³/mol. The highest BCUT2D eigenvalue weighted by Crippen LogP contribution is 2.37. The third kappa shape index (κ3) is 3.35. The Bertz CT molecular complexity index is 420. The molecule has 0 atom stereocenters. The van der Waals surface area contributed by atoms with Gasteiger partial charge in [0.25, 0.3) is 0 Å². The normalized spacial score (nSPS) is 16.4. The summed E-state index contributed by atoms with van der Waals surface area (Å²) in [5.74, 6) is 1.88. The molecule has 1 aromatic rings. The second-order valence-electron chi connectivity index (χ2n) is 4.51. The van der Waals surface area contributed by atoms with Crippen LogP contribution in [0.15, 0.2) is 17.0 Å². The Balaban J connectivity index is 2.28. The first-order valence-electron chi connectivity index (χ1n) is 6.51. The number of piperazine rings is 1. The van der Waals surface area contributed by atoms with E-state index in [1.54, 1.807) is 26.0 Å². The molecular weight excluding hydrogens is 260 g/mol. The number of rotatable bonds is 5. The van der Waals surface area contributed by atoms with Crippen molar-refractivity contribution in [3.63, 3.8) is 0 Å². The molecule has 0 unspecified atom stereocenters. The first-order chi connectivity index (χ1) is 9.30. The molecule has 1 saturated heterocycles. The zero-order chi connectivity index (χ0) is 13.7. The van der Waals surface area contributed by atoms with Crippen LogP contribution in [0, 0.1) is 0 Å². The fraction of sp³-hybridized carbons (Fsp3) is 0.571. The Kier molecular flexibility index (Phi) is 5.36. The van der Waals surface area contributed by atoms with Crippen molar-refractivity contribution in [3.8, 4) is 11.5 Å². The van der Waals surface area contributed by atoms with Crippen molar-refractivity contribution in [1.82, 2.24) is 10.2 Å². The number of ether oxygens (including phenoxy) is 2. The maximum atomic E-state index is 5.52. The summed E-state index contributed by atoms with van der Waals surface area (Å²) in [7, 11) is 3.45. The first kappa shape index (κ1) is 14.5. The third-order valence-electron chi connectivity index (χ3n) is 3.42. The van der Waals surface area contributed by atoms with Crippen LogP contribution in [0.1, 0.15) is 5.56 Å². The van der Waals surface area contributed by atoms with E-state index < -0.39 is 0 Å². The van der Waals surface area contributed by atoms with Gasteiger partial charge in [-0.2, -0.15) is 0 Å². The number of benzene rings is 1. The third-order valence-corrected chi connectivity index (χ3v) is 4.27. The van der Waals surface area contributed by atoms with Crippen molar-refractivity contribution in [3.05, 3.63) is 17.7 Å². The van der Waals surface area contributed by atoms with Gasteiger partial charge in [0.05, 0.1) is 19.1 Å². The van der Waals surface area contributed by atoms with Gasteiger partial charge in [0.15, 0.2) is 0 Å². The lowest BCUT2D eigenvalue weighted by Gasteiger charge is -2.28. The molecule has 1 aliphatic rings. The standard InChI is InChI=1S/C14H22N2O2S/c1-17-12-4-5-13(18-2)14(19-3)11(12)10-16-8-6-15-7-9-16/h4-5,15H,6-10H2,1-3H3. The van der Waals surface area contributed by atoms with Crippen molar-refractivity contribution in [1.29, 1.82) is 0 Å². The molecule has 106 valence electrons. The van der Waals surface area contributed by atoms with E-state index in [9.17, 15) is 0 Å². The molecule has 0 aliphatic carbocycles. The van der Waals surface area contributed by atoms with Crippen LogP contribution in [-0.4, -0.2) is 51.6 Å². The van der Waals surface area contributed by atoms with Crippen LogP contribution in [0.5, 0.6) is 11.5 Å². The lowest BCUT2D eigenvalue weighted by molar-refractivity contribution is 0.227. The summed E-state index contributed by atoms with van der Waals surface area (Å²) in [6, 6.07) is 3.97. The Morgan fingerprint density at radius 3 is 2.37 bits per heavy atom. The minimum absolute atomic E-state index is 0.915. The van der Waals surface area contributed by atoms with Gasteiger partial charge in [0, 0.05) is 38.3 Å². The van der Waals surface area contributed by atoms with Gasteiger partial charge in [-0.1, -0.05) is 0 Å². The molecule has 19 heavy (non-hydrogen) atoms. The van der Waals surface area contributed by atoms with Crippen molar-refractivity contribution >= 4 is 11.8 Å². The number of methoxy groups -OCH3 is 2. The molecule has 1 N–H and O–H groups in total. The van der Waals surface area contributed by atoms with Crippen LogP contribution >= 0.6 is 11.8 Å². The van der Waals surface area contributed by atoms with E-state index in [0.717, 1.165) is 44.2 Å². The Labute approximate surface area is 119 Å². The van der Waals surface area contributed by atoms with Gasteiger partial charge in [-0.3, -0.25) is 4.90 Å². The van der Waals surface area contributed by atoms with Gasteiger partial charge < -0.3 is 14.8 Å². The number of nitrogens with zero attached hydrogens (tertiary/aromatic N) is 1. The minimum Gasteiger partial charge on any atom is -0.496 e. The molecule has 0 radical (unpaired) electrons. The molecular formula is C14H22N2O2S. The van der Waals surface area contributed by atoms with E-state index in [-0.39, 0.29) is 0 Å². The highest BCUT2D eigenvalue weighted by Gasteiger charge is 2.18. The fourth-order valence-corrected chi connectivity index (χ4v) is 3.17. The first-order valence-corrected chi connectivity index (χ1v) is 7.73. The van der Waals surface area contributed by atoms with Crippen molar-refractivity contribution in [2.45, 2.75) is 11.4 Å². The smallest absolute Gasteiger partial charge is 0.133 e. The van der Waals surface area contributed by atoms with Crippen LogP contribution < -0.4 is 14.8 Å². The Morgan fingerprint density at radius 2 is 1.79 bits per heavy atom. The average molecular weight is 282 g/mol. The molecule has 0 aromatic heterocycles. The number of hydrogen-bond donors (Lipinski definition) is 1. The van der Waals surface area contributed by atoms with Gasteiger partial charge in [-0.05, 0) is 18.4 Å². The minimum atomic E-state index is 0.915. The monoisotopic (exact) mass is 282 g/mol. The molecule has 1 fully saturated rings. The zero-order valence-corrected chi connectivity index (χ0v) is 12.7. The van der Waals surface area contributed by atoms with Crippen molar-refractivity contribution in [2.75, 3.05) is 46.7 Å². The summed E-state index contributed by atoms with van der Waals surface area (Å²) in [6.45, 7) is 5.18. The summed E-state index contributed by atoms with van der Waals surface area (Å²) in [5, 5.41) is 3.38. The SMILES string of the molecule is COc1ccc(OC)c(SC)c1CN1CCNCC1.